The summed E-state index contributed by atoms with van der Waals surface area (Å²) in [4.78, 5) is 27.8. The molecule has 3 N–H and O–H groups in total. The van der Waals surface area contributed by atoms with Crippen LogP contribution < -0.4 is 10.6 Å². The number of carbonyl (C=O) groups excluding carboxylic acids is 1. The van der Waals surface area contributed by atoms with Crippen molar-refractivity contribution in [1.29, 1.82) is 0 Å². The van der Waals surface area contributed by atoms with Crippen molar-refractivity contribution in [1.82, 2.24) is 15.5 Å². The molecule has 2 amide bonds. The number of rotatable bonds is 4. The lowest BCUT2D eigenvalue weighted by Crippen LogP contribution is -2.28. The van der Waals surface area contributed by atoms with Crippen LogP contribution in [-0.2, 0) is 6.54 Å². The van der Waals surface area contributed by atoms with Crippen molar-refractivity contribution in [3.05, 3.63) is 27.7 Å². The van der Waals surface area contributed by atoms with E-state index in [4.69, 9.17) is 4.52 Å². The van der Waals surface area contributed by atoms with E-state index in [-0.39, 0.29) is 18.0 Å². The molecule has 0 radical (unpaired) electrons. The van der Waals surface area contributed by atoms with Gasteiger partial charge in [0.15, 0.2) is 5.82 Å². The van der Waals surface area contributed by atoms with Crippen LogP contribution in [0.5, 0.6) is 0 Å². The van der Waals surface area contributed by atoms with E-state index in [1.807, 2.05) is 0 Å². The standard InChI is InChI=1S/C12H14N4O4S/c1-5-6(2)21-10(9(5)11(17)18)15-12(19)13-4-8-14-7(3)16-20-8/h4H2,1-3H3,(H,17,18)(H2,13,15,19). The molecule has 2 aromatic heterocycles. The van der Waals surface area contributed by atoms with E-state index in [0.29, 0.717) is 16.4 Å². The number of aryl methyl sites for hydroxylation is 2. The quantitative estimate of drug-likeness (QED) is 0.795. The van der Waals surface area contributed by atoms with Crippen molar-refractivity contribution < 1.29 is 19.2 Å². The third-order valence-corrected chi connectivity index (χ3v) is 3.92. The Balaban J connectivity index is 2.03. The van der Waals surface area contributed by atoms with Crippen LogP contribution in [-0.4, -0.2) is 27.2 Å². The van der Waals surface area contributed by atoms with Crippen LogP contribution in [0, 0.1) is 20.8 Å². The molecule has 8 nitrogen and oxygen atoms in total. The normalized spacial score (nSPS) is 10.4. The summed E-state index contributed by atoms with van der Waals surface area (Å²) in [5, 5.41) is 18.1. The van der Waals surface area contributed by atoms with Crippen LogP contribution in [0.15, 0.2) is 4.52 Å². The lowest BCUT2D eigenvalue weighted by Gasteiger charge is -2.05. The Morgan fingerprint density at radius 1 is 1.33 bits per heavy atom. The van der Waals surface area contributed by atoms with Gasteiger partial charge in [-0.1, -0.05) is 5.16 Å². The van der Waals surface area contributed by atoms with Crippen LogP contribution in [0.3, 0.4) is 0 Å². The van der Waals surface area contributed by atoms with Gasteiger partial charge in [-0.05, 0) is 26.3 Å². The number of carboxylic acids is 1. The highest BCUT2D eigenvalue weighted by atomic mass is 32.1. The van der Waals surface area contributed by atoms with Crippen molar-refractivity contribution in [2.45, 2.75) is 27.3 Å². The van der Waals surface area contributed by atoms with E-state index >= 15 is 0 Å². The Hall–Kier alpha value is -2.42. The zero-order valence-corrected chi connectivity index (χ0v) is 12.5. The molecule has 0 spiro atoms. The SMILES string of the molecule is Cc1noc(CNC(=O)Nc2sc(C)c(C)c2C(=O)O)n1. The minimum Gasteiger partial charge on any atom is -0.478 e. The number of nitrogens with one attached hydrogen (secondary N) is 2. The Morgan fingerprint density at radius 3 is 2.62 bits per heavy atom. The number of aromatic nitrogens is 2. The van der Waals surface area contributed by atoms with Gasteiger partial charge in [-0.15, -0.1) is 11.3 Å². The molecule has 0 atom stereocenters. The molecule has 0 unspecified atom stereocenters. The molecular formula is C12H14N4O4S. The maximum Gasteiger partial charge on any atom is 0.338 e. The van der Waals surface area contributed by atoms with Crippen molar-refractivity contribution in [2.24, 2.45) is 0 Å². The molecule has 21 heavy (non-hydrogen) atoms. The summed E-state index contributed by atoms with van der Waals surface area (Å²) in [6.07, 6.45) is 0. The molecule has 112 valence electrons. The first kappa shape index (κ1) is 15.0. The predicted octanol–water partition coefficient (Wildman–Crippen LogP) is 2.08. The smallest absolute Gasteiger partial charge is 0.338 e. The zero-order valence-electron chi connectivity index (χ0n) is 11.7. The second-order valence-corrected chi connectivity index (χ2v) is 5.56. The van der Waals surface area contributed by atoms with Gasteiger partial charge >= 0.3 is 12.0 Å². The number of nitrogens with zero attached hydrogens (tertiary/aromatic N) is 2. The highest BCUT2D eigenvalue weighted by Crippen LogP contribution is 2.32. The average molecular weight is 310 g/mol. The second-order valence-electron chi connectivity index (χ2n) is 4.34. The number of thiophene rings is 1. The number of carboxylic acid groups (broad SMARTS) is 1. The number of hydrogen-bond acceptors (Lipinski definition) is 6. The number of aromatic carboxylic acids is 1. The first-order valence-electron chi connectivity index (χ1n) is 6.05. The molecule has 2 aromatic rings. The van der Waals surface area contributed by atoms with Crippen LogP contribution >= 0.6 is 11.3 Å². The van der Waals surface area contributed by atoms with Gasteiger partial charge in [-0.3, -0.25) is 5.32 Å². The van der Waals surface area contributed by atoms with Gasteiger partial charge in [-0.25, -0.2) is 9.59 Å². The van der Waals surface area contributed by atoms with E-state index in [1.165, 1.54) is 11.3 Å². The fourth-order valence-electron chi connectivity index (χ4n) is 1.69. The fraction of sp³-hybridized carbons (Fsp3) is 0.333. The second kappa shape index (κ2) is 5.92. The third kappa shape index (κ3) is 3.37. The molecule has 2 rings (SSSR count). The summed E-state index contributed by atoms with van der Waals surface area (Å²) in [6, 6.07) is -0.533. The highest BCUT2D eigenvalue weighted by Gasteiger charge is 2.20. The maximum absolute atomic E-state index is 11.8. The van der Waals surface area contributed by atoms with Crippen molar-refractivity contribution in [2.75, 3.05) is 5.32 Å². The van der Waals surface area contributed by atoms with Gasteiger partial charge in [0.1, 0.15) is 5.00 Å². The summed E-state index contributed by atoms with van der Waals surface area (Å²) in [5.74, 6) is -0.316. The van der Waals surface area contributed by atoms with E-state index in [9.17, 15) is 14.7 Å². The molecule has 0 aliphatic rings. The first-order valence-corrected chi connectivity index (χ1v) is 6.87. The molecule has 0 aliphatic carbocycles. The number of anilines is 1. The van der Waals surface area contributed by atoms with Gasteiger partial charge in [0.2, 0.25) is 5.89 Å². The third-order valence-electron chi connectivity index (χ3n) is 2.80. The lowest BCUT2D eigenvalue weighted by molar-refractivity contribution is 0.0697. The minimum atomic E-state index is -1.07. The average Bonchev–Trinajstić information content (AvgIpc) is 2.92. The van der Waals surface area contributed by atoms with Crippen LogP contribution in [0.2, 0.25) is 0 Å². The Bertz CT molecular complexity index is 691. The fourth-order valence-corrected chi connectivity index (χ4v) is 2.74. The van der Waals surface area contributed by atoms with E-state index in [0.717, 1.165) is 4.88 Å². The number of hydrogen-bond donors (Lipinski definition) is 3. The van der Waals surface area contributed by atoms with Crippen LogP contribution in [0.4, 0.5) is 9.80 Å². The number of amides is 2. The summed E-state index contributed by atoms with van der Waals surface area (Å²) < 4.78 is 4.85. The molecule has 2 heterocycles. The van der Waals surface area contributed by atoms with Gasteiger partial charge in [0, 0.05) is 4.88 Å². The molecule has 0 saturated heterocycles. The van der Waals surface area contributed by atoms with Gasteiger partial charge < -0.3 is 14.9 Å². The number of urea groups is 1. The molecular weight excluding hydrogens is 296 g/mol. The summed E-state index contributed by atoms with van der Waals surface area (Å²) in [6.45, 7) is 5.25. The summed E-state index contributed by atoms with van der Waals surface area (Å²) in [5.41, 5.74) is 0.761. The Labute approximate surface area is 124 Å². The van der Waals surface area contributed by atoms with Gasteiger partial charge in [-0.2, -0.15) is 4.98 Å². The Kier molecular flexibility index (Phi) is 4.22. The molecule has 0 aromatic carbocycles. The Morgan fingerprint density at radius 2 is 2.05 bits per heavy atom. The molecule has 0 aliphatic heterocycles. The van der Waals surface area contributed by atoms with Crippen LogP contribution in [0.1, 0.15) is 32.5 Å². The van der Waals surface area contributed by atoms with Crippen molar-refractivity contribution in [3.63, 3.8) is 0 Å². The maximum atomic E-state index is 11.8. The van der Waals surface area contributed by atoms with Gasteiger partial charge in [0.05, 0.1) is 12.1 Å². The molecule has 0 fully saturated rings. The topological polar surface area (TPSA) is 117 Å². The highest BCUT2D eigenvalue weighted by molar-refractivity contribution is 7.16. The zero-order chi connectivity index (χ0) is 15.6. The lowest BCUT2D eigenvalue weighted by atomic mass is 10.1. The molecule has 9 heteroatoms. The first-order chi connectivity index (χ1) is 9.88. The predicted molar refractivity (Wildman–Crippen MR) is 75.6 cm³/mol. The number of carbonyl (C=O) groups is 2. The summed E-state index contributed by atoms with van der Waals surface area (Å²) in [7, 11) is 0. The van der Waals surface area contributed by atoms with Crippen molar-refractivity contribution in [3.8, 4) is 0 Å². The van der Waals surface area contributed by atoms with E-state index < -0.39 is 12.0 Å². The van der Waals surface area contributed by atoms with E-state index in [2.05, 4.69) is 20.8 Å². The van der Waals surface area contributed by atoms with Crippen molar-refractivity contribution >= 4 is 28.3 Å². The largest absolute Gasteiger partial charge is 0.478 e. The monoisotopic (exact) mass is 310 g/mol. The molecule has 0 bridgehead atoms. The van der Waals surface area contributed by atoms with Gasteiger partial charge in [0.25, 0.3) is 0 Å². The minimum absolute atomic E-state index is 0.0679. The summed E-state index contributed by atoms with van der Waals surface area (Å²) >= 11 is 1.22. The molecule has 0 saturated carbocycles. The van der Waals surface area contributed by atoms with Crippen LogP contribution in [0.25, 0.3) is 0 Å². The van der Waals surface area contributed by atoms with E-state index in [1.54, 1.807) is 20.8 Å².